The van der Waals surface area contributed by atoms with E-state index in [1.165, 1.54) is 0 Å². The van der Waals surface area contributed by atoms with Gasteiger partial charge in [-0.05, 0) is 101 Å². The van der Waals surface area contributed by atoms with Crippen LogP contribution in [0.3, 0.4) is 0 Å². The van der Waals surface area contributed by atoms with Crippen molar-refractivity contribution in [2.24, 2.45) is 33.6 Å². The molecule has 7 heteroatoms. The molecule has 6 unspecified atom stereocenters. The van der Waals surface area contributed by atoms with Crippen molar-refractivity contribution in [3.05, 3.63) is 11.6 Å². The molecule has 1 saturated heterocycles. The SMILES string of the molecule is CC1(C)CC(N=C[C@]23CCC(O)CC2(O)CCC2[C@@H]3CC[C@]3(C)C(C4=CC(=O)OC4)CCC23O)CCO1. The topological polar surface area (TPSA) is 109 Å². The van der Waals surface area contributed by atoms with Gasteiger partial charge in [0, 0.05) is 36.1 Å². The predicted octanol–water partition coefficient (Wildman–Crippen LogP) is 3.73. The number of carbonyl (C=O) groups is 1. The molecular formula is C30H45NO6. The molecule has 5 fully saturated rings. The Morgan fingerprint density at radius 2 is 1.76 bits per heavy atom. The third-order valence-corrected chi connectivity index (χ3v) is 11.8. The van der Waals surface area contributed by atoms with E-state index in [9.17, 15) is 20.1 Å². The first-order chi connectivity index (χ1) is 17.4. The van der Waals surface area contributed by atoms with Gasteiger partial charge < -0.3 is 24.8 Å². The summed E-state index contributed by atoms with van der Waals surface area (Å²) in [7, 11) is 0. The Morgan fingerprint density at radius 1 is 0.973 bits per heavy atom. The van der Waals surface area contributed by atoms with Crippen molar-refractivity contribution >= 4 is 12.2 Å². The summed E-state index contributed by atoms with van der Waals surface area (Å²) in [6.07, 6.45) is 11.4. The van der Waals surface area contributed by atoms with E-state index in [0.29, 0.717) is 45.3 Å². The Labute approximate surface area is 220 Å². The third kappa shape index (κ3) is 3.81. The number of aliphatic imine (C=N–C) groups is 1. The number of cyclic esters (lactones) is 1. The second-order valence-electron chi connectivity index (χ2n) is 14.1. The molecule has 206 valence electrons. The second kappa shape index (κ2) is 8.61. The van der Waals surface area contributed by atoms with Gasteiger partial charge in [-0.2, -0.15) is 0 Å². The molecule has 0 aromatic rings. The molecule has 2 aliphatic heterocycles. The molecule has 4 saturated carbocycles. The second-order valence-corrected chi connectivity index (χ2v) is 14.1. The molecule has 0 spiro atoms. The highest BCUT2D eigenvalue weighted by Gasteiger charge is 2.71. The number of esters is 1. The van der Waals surface area contributed by atoms with E-state index < -0.39 is 22.7 Å². The molecule has 6 aliphatic rings. The van der Waals surface area contributed by atoms with Gasteiger partial charge in [0.2, 0.25) is 0 Å². The monoisotopic (exact) mass is 515 g/mol. The van der Waals surface area contributed by atoms with Crippen LogP contribution in [0.2, 0.25) is 0 Å². The maximum Gasteiger partial charge on any atom is 0.331 e. The Kier molecular flexibility index (Phi) is 6.04. The number of aliphatic hydroxyl groups is 3. The van der Waals surface area contributed by atoms with Gasteiger partial charge in [0.05, 0.1) is 28.9 Å². The average Bonchev–Trinajstić information content (AvgIpc) is 3.37. The first-order valence-corrected chi connectivity index (χ1v) is 14.6. The molecule has 6 rings (SSSR count). The van der Waals surface area contributed by atoms with Crippen molar-refractivity contribution in [3.63, 3.8) is 0 Å². The minimum absolute atomic E-state index is 0.0583. The minimum Gasteiger partial charge on any atom is -0.458 e. The zero-order valence-corrected chi connectivity index (χ0v) is 22.7. The maximum absolute atomic E-state index is 12.5. The van der Waals surface area contributed by atoms with Gasteiger partial charge in [0.25, 0.3) is 0 Å². The summed E-state index contributed by atoms with van der Waals surface area (Å²) in [6, 6.07) is 0.161. The van der Waals surface area contributed by atoms with Crippen LogP contribution in [0.25, 0.3) is 0 Å². The highest BCUT2D eigenvalue weighted by Crippen LogP contribution is 2.70. The number of ether oxygens (including phenoxy) is 2. The molecule has 37 heavy (non-hydrogen) atoms. The van der Waals surface area contributed by atoms with Crippen LogP contribution >= 0.6 is 0 Å². The van der Waals surface area contributed by atoms with Crippen molar-refractivity contribution in [3.8, 4) is 0 Å². The highest BCUT2D eigenvalue weighted by atomic mass is 16.5. The Balaban J connectivity index is 1.35. The summed E-state index contributed by atoms with van der Waals surface area (Å²) in [4.78, 5) is 17.0. The van der Waals surface area contributed by atoms with Crippen LogP contribution in [0.15, 0.2) is 16.6 Å². The fourth-order valence-electron chi connectivity index (χ4n) is 9.93. The number of hydrogen-bond donors (Lipinski definition) is 3. The number of aliphatic hydroxyl groups excluding tert-OH is 1. The third-order valence-electron chi connectivity index (χ3n) is 11.8. The predicted molar refractivity (Wildman–Crippen MR) is 139 cm³/mol. The van der Waals surface area contributed by atoms with Crippen molar-refractivity contribution in [2.45, 2.75) is 120 Å². The number of nitrogens with zero attached hydrogens (tertiary/aromatic N) is 1. The van der Waals surface area contributed by atoms with Crippen LogP contribution in [0, 0.1) is 28.6 Å². The first-order valence-electron chi connectivity index (χ1n) is 14.6. The van der Waals surface area contributed by atoms with Gasteiger partial charge in [-0.15, -0.1) is 0 Å². The lowest BCUT2D eigenvalue weighted by Gasteiger charge is -2.65. The normalized spacial score (nSPS) is 51.2. The molecule has 4 aliphatic carbocycles. The summed E-state index contributed by atoms with van der Waals surface area (Å²) >= 11 is 0. The van der Waals surface area contributed by atoms with E-state index in [4.69, 9.17) is 14.5 Å². The molecule has 0 amide bonds. The van der Waals surface area contributed by atoms with Crippen LogP contribution in [0.5, 0.6) is 0 Å². The Morgan fingerprint density at radius 3 is 2.49 bits per heavy atom. The van der Waals surface area contributed by atoms with E-state index in [1.807, 2.05) is 0 Å². The molecule has 0 bridgehead atoms. The smallest absolute Gasteiger partial charge is 0.331 e. The van der Waals surface area contributed by atoms with Gasteiger partial charge in [0.1, 0.15) is 6.61 Å². The number of carbonyl (C=O) groups excluding carboxylic acids is 1. The lowest BCUT2D eigenvalue weighted by atomic mass is 9.41. The fourth-order valence-corrected chi connectivity index (χ4v) is 9.93. The van der Waals surface area contributed by atoms with Crippen molar-refractivity contribution < 1.29 is 29.6 Å². The average molecular weight is 516 g/mol. The van der Waals surface area contributed by atoms with E-state index in [2.05, 4.69) is 27.0 Å². The summed E-state index contributed by atoms with van der Waals surface area (Å²) < 4.78 is 11.2. The van der Waals surface area contributed by atoms with Crippen LogP contribution in [-0.4, -0.2) is 69.7 Å². The zero-order valence-electron chi connectivity index (χ0n) is 22.7. The summed E-state index contributed by atoms with van der Waals surface area (Å²) in [5.74, 6) is 0.0521. The van der Waals surface area contributed by atoms with Crippen LogP contribution < -0.4 is 0 Å². The Hall–Kier alpha value is -1.28. The molecule has 0 radical (unpaired) electrons. The van der Waals surface area contributed by atoms with Gasteiger partial charge in [-0.3, -0.25) is 4.99 Å². The summed E-state index contributed by atoms with van der Waals surface area (Å²) in [5, 5.41) is 35.4. The molecule has 9 atom stereocenters. The van der Waals surface area contributed by atoms with Gasteiger partial charge in [-0.1, -0.05) is 6.92 Å². The van der Waals surface area contributed by atoms with Gasteiger partial charge >= 0.3 is 5.97 Å². The molecular weight excluding hydrogens is 470 g/mol. The fraction of sp³-hybridized carbons (Fsp3) is 0.867. The number of fused-ring (bicyclic) bond motifs is 5. The zero-order chi connectivity index (χ0) is 26.3. The highest BCUT2D eigenvalue weighted by molar-refractivity contribution is 5.85. The first kappa shape index (κ1) is 26.0. The standard InChI is InChI=1S/C30H45NO6/c1-26(2)15-20(8-13-37-26)31-18-28-10-4-21(32)16-29(28,34)11-6-24-23(28)5-9-27(3)22(7-12-30(24,27)35)19-14-25(33)36-17-19/h14,18,20-24,32,34-35H,4-13,15-17H2,1-3H3/t20?,21?,22?,23-,24?,27+,28-,29?,30?/m0/s1. The number of hydrogen-bond acceptors (Lipinski definition) is 7. The van der Waals surface area contributed by atoms with Gasteiger partial charge in [0.15, 0.2) is 0 Å². The quantitative estimate of drug-likeness (QED) is 0.390. The molecule has 0 aromatic carbocycles. The van der Waals surface area contributed by atoms with Crippen molar-refractivity contribution in [1.82, 2.24) is 0 Å². The minimum atomic E-state index is -1.01. The van der Waals surface area contributed by atoms with E-state index in [1.54, 1.807) is 6.08 Å². The van der Waals surface area contributed by atoms with Gasteiger partial charge in [-0.25, -0.2) is 4.79 Å². The van der Waals surface area contributed by atoms with E-state index in [0.717, 1.165) is 44.1 Å². The lowest BCUT2D eigenvalue weighted by molar-refractivity contribution is -0.237. The van der Waals surface area contributed by atoms with E-state index in [-0.39, 0.29) is 40.8 Å². The van der Waals surface area contributed by atoms with E-state index >= 15 is 0 Å². The maximum atomic E-state index is 12.5. The number of rotatable bonds is 3. The molecule has 3 N–H and O–H groups in total. The van der Waals surface area contributed by atoms with Crippen LogP contribution in [0.1, 0.15) is 91.4 Å². The molecule has 0 aromatic heterocycles. The lowest BCUT2D eigenvalue weighted by Crippen LogP contribution is -2.68. The van der Waals surface area contributed by atoms with Crippen molar-refractivity contribution in [1.29, 1.82) is 0 Å². The molecule has 7 nitrogen and oxygen atoms in total. The summed E-state index contributed by atoms with van der Waals surface area (Å²) in [5.41, 5.74) is -1.89. The Bertz CT molecular complexity index is 1010. The largest absolute Gasteiger partial charge is 0.458 e. The summed E-state index contributed by atoms with van der Waals surface area (Å²) in [6.45, 7) is 7.49. The molecule has 2 heterocycles. The van der Waals surface area contributed by atoms with Crippen molar-refractivity contribution in [2.75, 3.05) is 13.2 Å². The van der Waals surface area contributed by atoms with Crippen LogP contribution in [-0.2, 0) is 14.3 Å². The van der Waals surface area contributed by atoms with Crippen LogP contribution in [0.4, 0.5) is 0 Å².